The molecule has 0 aliphatic rings. The van der Waals surface area contributed by atoms with Gasteiger partial charge in [-0.05, 0) is 18.2 Å². The summed E-state index contributed by atoms with van der Waals surface area (Å²) >= 11 is 4.82. The topological polar surface area (TPSA) is 90.0 Å². The molecule has 0 spiro atoms. The zero-order valence-corrected chi connectivity index (χ0v) is 12.2. The molecular formula is C12H14N4O2S2. The molecule has 0 atom stereocenters. The van der Waals surface area contributed by atoms with Crippen molar-refractivity contribution in [3.8, 4) is 0 Å². The Morgan fingerprint density at radius 2 is 2.05 bits per heavy atom. The first-order chi connectivity index (χ1) is 9.49. The van der Waals surface area contributed by atoms with Crippen molar-refractivity contribution in [2.45, 2.75) is 11.4 Å². The van der Waals surface area contributed by atoms with E-state index in [2.05, 4.69) is 9.82 Å². The van der Waals surface area contributed by atoms with Crippen LogP contribution < -0.4 is 10.5 Å². The molecule has 6 nitrogen and oxygen atoms in total. The summed E-state index contributed by atoms with van der Waals surface area (Å²) in [5.74, 6) is 0. The maximum absolute atomic E-state index is 12.0. The molecular weight excluding hydrogens is 296 g/mol. The molecule has 0 bridgehead atoms. The van der Waals surface area contributed by atoms with Crippen LogP contribution in [0.4, 0.5) is 0 Å². The van der Waals surface area contributed by atoms with Gasteiger partial charge in [0.05, 0.1) is 11.4 Å². The molecule has 8 heteroatoms. The van der Waals surface area contributed by atoms with Crippen LogP contribution in [-0.2, 0) is 16.6 Å². The van der Waals surface area contributed by atoms with E-state index in [9.17, 15) is 8.42 Å². The minimum absolute atomic E-state index is 0.179. The Labute approximate surface area is 122 Å². The van der Waals surface area contributed by atoms with Gasteiger partial charge in [-0.3, -0.25) is 4.68 Å². The van der Waals surface area contributed by atoms with Crippen LogP contribution in [-0.4, -0.2) is 29.7 Å². The van der Waals surface area contributed by atoms with Crippen LogP contribution in [0.15, 0.2) is 47.6 Å². The predicted octanol–water partition coefficient (Wildman–Crippen LogP) is 0.496. The van der Waals surface area contributed by atoms with E-state index in [-0.39, 0.29) is 16.4 Å². The van der Waals surface area contributed by atoms with Gasteiger partial charge in [-0.1, -0.05) is 24.4 Å². The third-order valence-corrected chi connectivity index (χ3v) is 4.35. The SMILES string of the molecule is NC(=S)c1ccc(S(=O)(=O)NCCn2cccn2)cc1. The quantitative estimate of drug-likeness (QED) is 0.758. The average Bonchev–Trinajstić information content (AvgIpc) is 2.92. The van der Waals surface area contributed by atoms with E-state index in [0.29, 0.717) is 12.1 Å². The standard InChI is InChI=1S/C12H14N4O2S2/c13-12(19)10-2-4-11(5-3-10)20(17,18)15-7-9-16-8-1-6-14-16/h1-6,8,15H,7,9H2,(H2,13,19). The van der Waals surface area contributed by atoms with Crippen LogP contribution >= 0.6 is 12.2 Å². The summed E-state index contributed by atoms with van der Waals surface area (Å²) in [4.78, 5) is 0.415. The molecule has 0 radical (unpaired) electrons. The first-order valence-corrected chi connectivity index (χ1v) is 7.75. The average molecular weight is 310 g/mol. The minimum Gasteiger partial charge on any atom is -0.389 e. The second kappa shape index (κ2) is 6.12. The summed E-state index contributed by atoms with van der Waals surface area (Å²) in [6.07, 6.45) is 3.41. The number of nitrogens with zero attached hydrogens (tertiary/aromatic N) is 2. The number of benzene rings is 1. The van der Waals surface area contributed by atoms with E-state index in [4.69, 9.17) is 18.0 Å². The summed E-state index contributed by atoms with van der Waals surface area (Å²) in [5.41, 5.74) is 6.10. The number of rotatable bonds is 6. The van der Waals surface area contributed by atoms with Gasteiger partial charge in [-0.25, -0.2) is 13.1 Å². The van der Waals surface area contributed by atoms with Crippen LogP contribution in [0.3, 0.4) is 0 Å². The van der Waals surface area contributed by atoms with E-state index in [1.807, 2.05) is 0 Å². The van der Waals surface area contributed by atoms with Crippen molar-refractivity contribution < 1.29 is 8.42 Å². The fraction of sp³-hybridized carbons (Fsp3) is 0.167. The Morgan fingerprint density at radius 3 is 2.60 bits per heavy atom. The molecule has 0 saturated heterocycles. The minimum atomic E-state index is -3.53. The van der Waals surface area contributed by atoms with Crippen LogP contribution in [0, 0.1) is 0 Å². The summed E-state index contributed by atoms with van der Waals surface area (Å²) in [5, 5.41) is 3.99. The van der Waals surface area contributed by atoms with Gasteiger partial charge in [-0.2, -0.15) is 5.10 Å². The molecule has 1 aromatic carbocycles. The molecule has 0 saturated carbocycles. The lowest BCUT2D eigenvalue weighted by Gasteiger charge is -2.07. The summed E-state index contributed by atoms with van der Waals surface area (Å²) in [7, 11) is -3.53. The highest BCUT2D eigenvalue weighted by Crippen LogP contribution is 2.10. The largest absolute Gasteiger partial charge is 0.389 e. The summed E-state index contributed by atoms with van der Waals surface area (Å²) < 4.78 is 28.2. The van der Waals surface area contributed by atoms with Crippen molar-refractivity contribution in [3.05, 3.63) is 48.3 Å². The Balaban J connectivity index is 2.00. The Kier molecular flexibility index (Phi) is 4.48. The third-order valence-electron chi connectivity index (χ3n) is 2.64. The molecule has 0 fully saturated rings. The van der Waals surface area contributed by atoms with Gasteiger partial charge in [0.15, 0.2) is 0 Å². The van der Waals surface area contributed by atoms with Crippen molar-refractivity contribution in [1.29, 1.82) is 0 Å². The predicted molar refractivity (Wildman–Crippen MR) is 79.7 cm³/mol. The van der Waals surface area contributed by atoms with Crippen molar-refractivity contribution in [2.75, 3.05) is 6.54 Å². The van der Waals surface area contributed by atoms with Crippen LogP contribution in [0.2, 0.25) is 0 Å². The molecule has 0 aliphatic carbocycles. The highest BCUT2D eigenvalue weighted by molar-refractivity contribution is 7.89. The van der Waals surface area contributed by atoms with Gasteiger partial charge in [0, 0.05) is 24.5 Å². The van der Waals surface area contributed by atoms with Crippen LogP contribution in [0.5, 0.6) is 0 Å². The van der Waals surface area contributed by atoms with E-state index in [1.54, 1.807) is 35.3 Å². The zero-order valence-electron chi connectivity index (χ0n) is 10.6. The Hall–Kier alpha value is -1.77. The monoisotopic (exact) mass is 310 g/mol. The second-order valence-corrected chi connectivity index (χ2v) is 6.26. The third kappa shape index (κ3) is 3.62. The number of aromatic nitrogens is 2. The van der Waals surface area contributed by atoms with Gasteiger partial charge < -0.3 is 5.73 Å². The second-order valence-electron chi connectivity index (χ2n) is 4.06. The highest BCUT2D eigenvalue weighted by Gasteiger charge is 2.13. The molecule has 1 aromatic heterocycles. The normalized spacial score (nSPS) is 11.4. The number of nitrogens with two attached hydrogens (primary N) is 1. The van der Waals surface area contributed by atoms with Crippen molar-refractivity contribution in [2.24, 2.45) is 5.73 Å². The molecule has 106 valence electrons. The van der Waals surface area contributed by atoms with Crippen LogP contribution in [0.25, 0.3) is 0 Å². The van der Waals surface area contributed by atoms with Crippen molar-refractivity contribution >= 4 is 27.2 Å². The molecule has 0 unspecified atom stereocenters. The molecule has 3 N–H and O–H groups in total. The summed E-state index contributed by atoms with van der Waals surface area (Å²) in [6.45, 7) is 0.734. The maximum atomic E-state index is 12.0. The first-order valence-electron chi connectivity index (χ1n) is 5.86. The van der Waals surface area contributed by atoms with Gasteiger partial charge >= 0.3 is 0 Å². The van der Waals surface area contributed by atoms with Crippen LogP contribution in [0.1, 0.15) is 5.56 Å². The number of thiocarbonyl (C=S) groups is 1. The Morgan fingerprint density at radius 1 is 1.35 bits per heavy atom. The van der Waals surface area contributed by atoms with Gasteiger partial charge in [0.25, 0.3) is 0 Å². The zero-order chi connectivity index (χ0) is 14.6. The fourth-order valence-corrected chi connectivity index (χ4v) is 2.77. The van der Waals surface area contributed by atoms with E-state index in [1.165, 1.54) is 12.1 Å². The number of sulfonamides is 1. The molecule has 20 heavy (non-hydrogen) atoms. The number of hydrogen-bond acceptors (Lipinski definition) is 4. The lowest BCUT2D eigenvalue weighted by Crippen LogP contribution is -2.27. The Bertz CT molecular complexity index is 679. The van der Waals surface area contributed by atoms with Gasteiger partial charge in [-0.15, -0.1) is 0 Å². The molecule has 1 heterocycles. The first kappa shape index (κ1) is 14.6. The van der Waals surface area contributed by atoms with E-state index < -0.39 is 10.0 Å². The molecule has 2 aromatic rings. The number of nitrogens with one attached hydrogen (secondary N) is 1. The van der Waals surface area contributed by atoms with Gasteiger partial charge in [0.1, 0.15) is 4.99 Å². The molecule has 0 amide bonds. The van der Waals surface area contributed by atoms with E-state index in [0.717, 1.165) is 0 Å². The molecule has 2 rings (SSSR count). The number of hydrogen-bond donors (Lipinski definition) is 2. The fourth-order valence-electron chi connectivity index (χ4n) is 1.61. The maximum Gasteiger partial charge on any atom is 0.240 e. The lowest BCUT2D eigenvalue weighted by molar-refractivity contribution is 0.561. The smallest absolute Gasteiger partial charge is 0.240 e. The molecule has 0 aliphatic heterocycles. The van der Waals surface area contributed by atoms with Crippen molar-refractivity contribution in [1.82, 2.24) is 14.5 Å². The van der Waals surface area contributed by atoms with E-state index >= 15 is 0 Å². The lowest BCUT2D eigenvalue weighted by atomic mass is 10.2. The summed E-state index contributed by atoms with van der Waals surface area (Å²) in [6, 6.07) is 7.91. The van der Waals surface area contributed by atoms with Crippen molar-refractivity contribution in [3.63, 3.8) is 0 Å². The highest BCUT2D eigenvalue weighted by atomic mass is 32.2. The van der Waals surface area contributed by atoms with Gasteiger partial charge in [0.2, 0.25) is 10.0 Å².